The quantitative estimate of drug-likeness (QED) is 0.395. The van der Waals surface area contributed by atoms with Crippen LogP contribution in [0.25, 0.3) is 16.7 Å². The zero-order chi connectivity index (χ0) is 23.1. The third kappa shape index (κ3) is 3.50. The molecule has 2 N–H and O–H groups in total. The van der Waals surface area contributed by atoms with Gasteiger partial charge < -0.3 is 10.3 Å². The molecule has 10 heteroatoms. The summed E-state index contributed by atoms with van der Waals surface area (Å²) in [4.78, 5) is 25.4. The van der Waals surface area contributed by atoms with Crippen molar-refractivity contribution in [2.75, 3.05) is 5.32 Å². The zero-order valence-electron chi connectivity index (χ0n) is 17.9. The van der Waals surface area contributed by atoms with Crippen molar-refractivity contribution in [3.63, 3.8) is 0 Å². The van der Waals surface area contributed by atoms with Crippen molar-refractivity contribution < 1.29 is 4.79 Å². The zero-order valence-corrected chi connectivity index (χ0v) is 18.7. The van der Waals surface area contributed by atoms with Crippen molar-refractivity contribution in [1.82, 2.24) is 35.2 Å². The van der Waals surface area contributed by atoms with Gasteiger partial charge in [-0.05, 0) is 71.3 Å². The van der Waals surface area contributed by atoms with E-state index in [0.717, 1.165) is 47.4 Å². The molecule has 34 heavy (non-hydrogen) atoms. The fraction of sp³-hybridized carbons (Fsp3) is 0.167. The molecule has 1 fully saturated rings. The number of hydrogen-bond donors (Lipinski definition) is 2. The van der Waals surface area contributed by atoms with Gasteiger partial charge in [-0.15, -0.1) is 5.10 Å². The minimum absolute atomic E-state index is 0.226. The van der Waals surface area contributed by atoms with E-state index in [0.29, 0.717) is 16.4 Å². The molecule has 2 aromatic carbocycles. The minimum Gasteiger partial charge on any atom is -0.341 e. The molecule has 0 bridgehead atoms. The first kappa shape index (κ1) is 20.5. The lowest BCUT2D eigenvalue weighted by molar-refractivity contribution is 0.102. The monoisotopic (exact) mass is 470 g/mol. The maximum atomic E-state index is 12.5. The lowest BCUT2D eigenvalue weighted by Crippen LogP contribution is -2.36. The lowest BCUT2D eigenvalue weighted by Gasteiger charge is -2.40. The number of imidazole rings is 1. The van der Waals surface area contributed by atoms with Crippen molar-refractivity contribution >= 4 is 34.4 Å². The number of rotatable bonds is 5. The number of pyridine rings is 1. The summed E-state index contributed by atoms with van der Waals surface area (Å²) in [6, 6.07) is 16.6. The SMILES string of the molecule is O=C(Nc1ccc(C2(c3nc4cc(-n5cnnn5)ccc4[nH]3)CCC2)cn1)c1cccc(Cl)c1. The average molecular weight is 471 g/mol. The third-order valence-corrected chi connectivity index (χ3v) is 6.62. The maximum Gasteiger partial charge on any atom is 0.256 e. The van der Waals surface area contributed by atoms with Gasteiger partial charge in [0.1, 0.15) is 18.0 Å². The summed E-state index contributed by atoms with van der Waals surface area (Å²) in [6.07, 6.45) is 6.44. The molecule has 0 aliphatic heterocycles. The van der Waals surface area contributed by atoms with Gasteiger partial charge in [0.15, 0.2) is 0 Å². The van der Waals surface area contributed by atoms with Crippen LogP contribution in [0.15, 0.2) is 67.1 Å². The molecule has 1 saturated carbocycles. The number of carbonyl (C=O) groups excluding carboxylic acids is 1. The van der Waals surface area contributed by atoms with E-state index in [1.54, 1.807) is 35.3 Å². The van der Waals surface area contributed by atoms with Crippen LogP contribution in [0.1, 0.15) is 41.0 Å². The standard InChI is InChI=1S/C24H19ClN8O/c25-17-4-1-3-15(11-17)22(34)30-21-8-5-16(13-26-21)24(9-2-10-24)23-28-19-7-6-18(12-20(19)29-23)33-14-27-31-32-33/h1,3-8,11-14H,2,9-10H2,(H,28,29)(H,26,30,34). The summed E-state index contributed by atoms with van der Waals surface area (Å²) in [7, 11) is 0. The van der Waals surface area contributed by atoms with Gasteiger partial charge in [-0.2, -0.15) is 0 Å². The van der Waals surface area contributed by atoms with Crippen molar-refractivity contribution in [2.45, 2.75) is 24.7 Å². The van der Waals surface area contributed by atoms with E-state index in [2.05, 4.69) is 30.8 Å². The molecule has 0 radical (unpaired) electrons. The Morgan fingerprint density at radius 3 is 2.74 bits per heavy atom. The molecule has 168 valence electrons. The second-order valence-corrected chi connectivity index (χ2v) is 8.81. The predicted octanol–water partition coefficient (Wildman–Crippen LogP) is 4.31. The number of hydrogen-bond acceptors (Lipinski definition) is 6. The van der Waals surface area contributed by atoms with E-state index in [-0.39, 0.29) is 11.3 Å². The molecule has 1 aliphatic carbocycles. The summed E-state index contributed by atoms with van der Waals surface area (Å²) in [5.74, 6) is 1.15. The van der Waals surface area contributed by atoms with Gasteiger partial charge in [0.25, 0.3) is 5.91 Å². The Labute approximate surface area is 199 Å². The second-order valence-electron chi connectivity index (χ2n) is 8.37. The van der Waals surface area contributed by atoms with Gasteiger partial charge in [-0.25, -0.2) is 14.6 Å². The van der Waals surface area contributed by atoms with Crippen LogP contribution in [0.5, 0.6) is 0 Å². The van der Waals surface area contributed by atoms with Crippen molar-refractivity contribution in [1.29, 1.82) is 0 Å². The highest BCUT2D eigenvalue weighted by molar-refractivity contribution is 6.31. The molecule has 1 amide bonds. The van der Waals surface area contributed by atoms with Crippen molar-refractivity contribution in [2.24, 2.45) is 0 Å². The molecule has 0 saturated heterocycles. The van der Waals surface area contributed by atoms with Crippen LogP contribution in [-0.2, 0) is 5.41 Å². The summed E-state index contributed by atoms with van der Waals surface area (Å²) >= 11 is 5.99. The number of H-pyrrole nitrogens is 1. The number of anilines is 1. The van der Waals surface area contributed by atoms with Crippen LogP contribution in [0.4, 0.5) is 5.82 Å². The highest BCUT2D eigenvalue weighted by Gasteiger charge is 2.43. The molecular formula is C24H19ClN8O. The van der Waals surface area contributed by atoms with Gasteiger partial charge in [0.2, 0.25) is 0 Å². The first-order valence-electron chi connectivity index (χ1n) is 10.9. The van der Waals surface area contributed by atoms with E-state index in [1.165, 1.54) is 0 Å². The minimum atomic E-state index is -0.253. The Bertz CT molecular complexity index is 1490. The topological polar surface area (TPSA) is 114 Å². The smallest absolute Gasteiger partial charge is 0.256 e. The Morgan fingerprint density at radius 1 is 1.12 bits per heavy atom. The Morgan fingerprint density at radius 2 is 2.03 bits per heavy atom. The van der Waals surface area contributed by atoms with E-state index >= 15 is 0 Å². The van der Waals surface area contributed by atoms with Crippen LogP contribution >= 0.6 is 11.6 Å². The molecule has 3 aromatic heterocycles. The molecule has 0 spiro atoms. The van der Waals surface area contributed by atoms with Crippen LogP contribution in [-0.4, -0.2) is 41.1 Å². The van der Waals surface area contributed by atoms with Gasteiger partial charge in [0.05, 0.1) is 22.1 Å². The number of amides is 1. The van der Waals surface area contributed by atoms with Crippen LogP contribution in [0.3, 0.4) is 0 Å². The van der Waals surface area contributed by atoms with Crippen LogP contribution in [0, 0.1) is 0 Å². The molecule has 6 rings (SSSR count). The van der Waals surface area contributed by atoms with E-state index in [1.807, 2.05) is 36.5 Å². The number of benzene rings is 2. The number of halogens is 1. The molecule has 1 aliphatic rings. The molecule has 3 heterocycles. The number of carbonyl (C=O) groups is 1. The van der Waals surface area contributed by atoms with E-state index in [4.69, 9.17) is 16.6 Å². The molecule has 0 atom stereocenters. The van der Waals surface area contributed by atoms with Gasteiger partial charge in [-0.3, -0.25) is 4.79 Å². The van der Waals surface area contributed by atoms with Gasteiger partial charge >= 0.3 is 0 Å². The fourth-order valence-corrected chi connectivity index (χ4v) is 4.59. The molecule has 0 unspecified atom stereocenters. The third-order valence-electron chi connectivity index (χ3n) is 6.39. The summed E-state index contributed by atoms with van der Waals surface area (Å²) in [5.41, 5.74) is 3.98. The normalized spacial score (nSPS) is 14.6. The highest BCUT2D eigenvalue weighted by Crippen LogP contribution is 2.48. The number of nitrogens with zero attached hydrogens (tertiary/aromatic N) is 6. The first-order valence-corrected chi connectivity index (χ1v) is 11.3. The molecular weight excluding hydrogens is 452 g/mol. The highest BCUT2D eigenvalue weighted by atomic mass is 35.5. The molecule has 9 nitrogen and oxygen atoms in total. The first-order chi connectivity index (χ1) is 16.6. The van der Waals surface area contributed by atoms with Gasteiger partial charge in [-0.1, -0.05) is 30.2 Å². The predicted molar refractivity (Wildman–Crippen MR) is 127 cm³/mol. The van der Waals surface area contributed by atoms with Crippen molar-refractivity contribution in [3.8, 4) is 5.69 Å². The van der Waals surface area contributed by atoms with E-state index in [9.17, 15) is 4.79 Å². The summed E-state index contributed by atoms with van der Waals surface area (Å²) in [5, 5.41) is 14.7. The summed E-state index contributed by atoms with van der Waals surface area (Å²) < 4.78 is 1.60. The second kappa shape index (κ2) is 8.03. The van der Waals surface area contributed by atoms with Crippen LogP contribution < -0.4 is 5.32 Å². The largest absolute Gasteiger partial charge is 0.341 e. The molecule has 5 aromatic rings. The van der Waals surface area contributed by atoms with E-state index < -0.39 is 0 Å². The number of fused-ring (bicyclic) bond motifs is 1. The summed E-state index contributed by atoms with van der Waals surface area (Å²) in [6.45, 7) is 0. The Balaban J connectivity index is 1.27. The fourth-order valence-electron chi connectivity index (χ4n) is 4.40. The number of aromatic amines is 1. The van der Waals surface area contributed by atoms with Crippen molar-refractivity contribution in [3.05, 3.63) is 89.1 Å². The number of aromatic nitrogens is 7. The Hall–Kier alpha value is -4.11. The van der Waals surface area contributed by atoms with Gasteiger partial charge in [0, 0.05) is 16.8 Å². The average Bonchev–Trinajstić information content (AvgIpc) is 3.49. The maximum absolute atomic E-state index is 12.5. The Kier molecular flexibility index (Phi) is 4.84. The number of tetrazole rings is 1. The lowest BCUT2D eigenvalue weighted by atomic mass is 9.64. The number of nitrogens with one attached hydrogen (secondary N) is 2. The van der Waals surface area contributed by atoms with Crippen LogP contribution in [0.2, 0.25) is 5.02 Å².